The smallest absolute Gasteiger partial charge is 0.231 e. The molecule has 9 heteroatoms. The molecule has 1 aromatic rings. The molecule has 0 amide bonds. The van der Waals surface area contributed by atoms with Crippen molar-refractivity contribution in [3.8, 4) is 11.8 Å². The first-order valence-corrected chi connectivity index (χ1v) is 8.57. The van der Waals surface area contributed by atoms with E-state index in [2.05, 4.69) is 26.8 Å². The molecule has 26 heavy (non-hydrogen) atoms. The maximum Gasteiger partial charge on any atom is 0.231 e. The van der Waals surface area contributed by atoms with Crippen LogP contribution in [0, 0.1) is 17.3 Å². The molecule has 0 fully saturated rings. The van der Waals surface area contributed by atoms with E-state index in [0.29, 0.717) is 0 Å². The molecule has 0 radical (unpaired) electrons. The molecule has 4 N–H and O–H groups in total. The number of nitrogens with zero attached hydrogens (tertiary/aromatic N) is 5. The molecule has 0 aliphatic rings. The topological polar surface area (TPSA) is 126 Å². The highest BCUT2D eigenvalue weighted by Gasteiger charge is 2.16. The Morgan fingerprint density at radius 1 is 0.731 bits per heavy atom. The summed E-state index contributed by atoms with van der Waals surface area (Å²) in [4.78, 5) is 16.3. The summed E-state index contributed by atoms with van der Waals surface area (Å²) >= 11 is 0. The summed E-state index contributed by atoms with van der Waals surface area (Å²) in [5.74, 6) is 6.79. The molecule has 1 heterocycles. The highest BCUT2D eigenvalue weighted by atomic mass is 16.3. The second-order valence-corrected chi connectivity index (χ2v) is 6.63. The van der Waals surface area contributed by atoms with E-state index in [0.717, 1.165) is 0 Å². The maximum absolute atomic E-state index is 9.25. The fraction of sp³-hybridized carbons (Fsp3) is 0.706. The first-order valence-electron chi connectivity index (χ1n) is 8.57. The van der Waals surface area contributed by atoms with Gasteiger partial charge in [0.25, 0.3) is 0 Å². The van der Waals surface area contributed by atoms with Crippen molar-refractivity contribution in [2.24, 2.45) is 5.41 Å². The Hall–Kier alpha value is -1.99. The zero-order valence-electron chi connectivity index (χ0n) is 15.7. The van der Waals surface area contributed by atoms with Crippen molar-refractivity contribution >= 4 is 11.9 Å². The second-order valence-electron chi connectivity index (χ2n) is 6.63. The molecule has 9 nitrogen and oxygen atoms in total. The fourth-order valence-electron chi connectivity index (χ4n) is 2.04. The predicted octanol–water partition coefficient (Wildman–Crippen LogP) is -1.15. The minimum absolute atomic E-state index is 0.124. The van der Waals surface area contributed by atoms with Gasteiger partial charge in [0, 0.05) is 31.6 Å². The minimum atomic E-state index is -0.237. The Labute approximate surface area is 154 Å². The maximum atomic E-state index is 9.25. The standard InChI is InChI=1S/C17H29N5O4/c1-17(2,3)5-4-14-18-15(21(6-10-23)7-11-24)20-16(19-14)22(8-12-25)9-13-26/h23-26H,6-13H2,1-3H3. The Kier molecular flexibility index (Phi) is 9.23. The van der Waals surface area contributed by atoms with Gasteiger partial charge >= 0.3 is 0 Å². The average Bonchev–Trinajstić information content (AvgIpc) is 2.59. The largest absolute Gasteiger partial charge is 0.395 e. The normalized spacial score (nSPS) is 11.0. The number of aliphatic hydroxyl groups excluding tert-OH is 4. The Balaban J connectivity index is 3.38. The van der Waals surface area contributed by atoms with Gasteiger partial charge in [0.2, 0.25) is 17.7 Å². The van der Waals surface area contributed by atoms with Crippen LogP contribution in [0.2, 0.25) is 0 Å². The van der Waals surface area contributed by atoms with Crippen molar-refractivity contribution in [2.75, 3.05) is 62.4 Å². The monoisotopic (exact) mass is 367 g/mol. The van der Waals surface area contributed by atoms with Gasteiger partial charge in [-0.1, -0.05) is 5.92 Å². The van der Waals surface area contributed by atoms with Gasteiger partial charge in [-0.3, -0.25) is 0 Å². The van der Waals surface area contributed by atoms with Crippen LogP contribution in [0.3, 0.4) is 0 Å². The SMILES string of the molecule is CC(C)(C)C#Cc1nc(N(CCO)CCO)nc(N(CCO)CCO)n1. The molecule has 0 saturated carbocycles. The molecule has 0 aliphatic heterocycles. The Morgan fingerprint density at radius 2 is 1.12 bits per heavy atom. The minimum Gasteiger partial charge on any atom is -0.395 e. The van der Waals surface area contributed by atoms with E-state index in [-0.39, 0.29) is 75.7 Å². The molecule has 0 aromatic carbocycles. The summed E-state index contributed by atoms with van der Waals surface area (Å²) in [6.45, 7) is 6.40. The van der Waals surface area contributed by atoms with Crippen LogP contribution in [0.5, 0.6) is 0 Å². The van der Waals surface area contributed by atoms with E-state index in [1.165, 1.54) is 0 Å². The zero-order valence-corrected chi connectivity index (χ0v) is 15.7. The summed E-state index contributed by atoms with van der Waals surface area (Å²) < 4.78 is 0. The molecule has 1 aromatic heterocycles. The molecule has 146 valence electrons. The van der Waals surface area contributed by atoms with Crippen LogP contribution in [0.4, 0.5) is 11.9 Å². The summed E-state index contributed by atoms with van der Waals surface area (Å²) in [5.41, 5.74) is -0.237. The van der Waals surface area contributed by atoms with Gasteiger partial charge in [0.1, 0.15) is 0 Å². The van der Waals surface area contributed by atoms with E-state index in [1.54, 1.807) is 9.80 Å². The van der Waals surface area contributed by atoms with Crippen molar-refractivity contribution in [1.29, 1.82) is 0 Å². The van der Waals surface area contributed by atoms with Gasteiger partial charge in [-0.05, 0) is 26.7 Å². The molecule has 0 spiro atoms. The van der Waals surface area contributed by atoms with E-state index in [9.17, 15) is 20.4 Å². The third kappa shape index (κ3) is 7.49. The third-order valence-electron chi connectivity index (χ3n) is 3.21. The average molecular weight is 367 g/mol. The van der Waals surface area contributed by atoms with Crippen LogP contribution in [-0.4, -0.2) is 88.0 Å². The van der Waals surface area contributed by atoms with E-state index < -0.39 is 0 Å². The lowest BCUT2D eigenvalue weighted by atomic mass is 9.98. The molecule has 0 bridgehead atoms. The van der Waals surface area contributed by atoms with Crippen LogP contribution in [0.25, 0.3) is 0 Å². The quantitative estimate of drug-likeness (QED) is 0.379. The lowest BCUT2D eigenvalue weighted by Crippen LogP contribution is -2.35. The molecule has 0 unspecified atom stereocenters. The van der Waals surface area contributed by atoms with Gasteiger partial charge in [-0.25, -0.2) is 0 Å². The first-order chi connectivity index (χ1) is 12.3. The molecular formula is C17H29N5O4. The van der Waals surface area contributed by atoms with Gasteiger partial charge < -0.3 is 30.2 Å². The van der Waals surface area contributed by atoms with E-state index >= 15 is 0 Å². The van der Waals surface area contributed by atoms with Crippen LogP contribution >= 0.6 is 0 Å². The number of aliphatic hydroxyl groups is 4. The number of hydrogen-bond donors (Lipinski definition) is 4. The summed E-state index contributed by atoms with van der Waals surface area (Å²) in [6.07, 6.45) is 0. The highest BCUT2D eigenvalue weighted by molar-refractivity contribution is 5.42. The van der Waals surface area contributed by atoms with E-state index in [1.807, 2.05) is 20.8 Å². The molecular weight excluding hydrogens is 338 g/mol. The number of anilines is 2. The second kappa shape index (κ2) is 10.9. The molecule has 0 saturated heterocycles. The number of rotatable bonds is 10. The molecule has 1 rings (SSSR count). The van der Waals surface area contributed by atoms with E-state index in [4.69, 9.17) is 0 Å². The fourth-order valence-corrected chi connectivity index (χ4v) is 2.04. The Bertz CT molecular complexity index is 563. The summed E-state index contributed by atoms with van der Waals surface area (Å²) in [6, 6.07) is 0. The van der Waals surface area contributed by atoms with Crippen molar-refractivity contribution in [1.82, 2.24) is 15.0 Å². The summed E-state index contributed by atoms with van der Waals surface area (Å²) in [7, 11) is 0. The number of hydrogen-bond acceptors (Lipinski definition) is 9. The lowest BCUT2D eigenvalue weighted by molar-refractivity contribution is 0.279. The number of aromatic nitrogens is 3. The molecule has 0 atom stereocenters. The van der Waals surface area contributed by atoms with Crippen LogP contribution in [-0.2, 0) is 0 Å². The van der Waals surface area contributed by atoms with Gasteiger partial charge in [-0.2, -0.15) is 15.0 Å². The van der Waals surface area contributed by atoms with Gasteiger partial charge in [0.15, 0.2) is 0 Å². The predicted molar refractivity (Wildman–Crippen MR) is 98.9 cm³/mol. The third-order valence-corrected chi connectivity index (χ3v) is 3.21. The lowest BCUT2D eigenvalue weighted by Gasteiger charge is -2.24. The highest BCUT2D eigenvalue weighted by Crippen LogP contribution is 2.15. The van der Waals surface area contributed by atoms with Crippen molar-refractivity contribution in [3.05, 3.63) is 5.82 Å². The zero-order chi connectivity index (χ0) is 19.6. The van der Waals surface area contributed by atoms with Gasteiger partial charge in [-0.15, -0.1) is 0 Å². The Morgan fingerprint density at radius 3 is 1.42 bits per heavy atom. The van der Waals surface area contributed by atoms with Crippen molar-refractivity contribution < 1.29 is 20.4 Å². The summed E-state index contributed by atoms with van der Waals surface area (Å²) in [5, 5.41) is 37.0. The van der Waals surface area contributed by atoms with Gasteiger partial charge in [0.05, 0.1) is 26.4 Å². The van der Waals surface area contributed by atoms with Crippen molar-refractivity contribution in [3.63, 3.8) is 0 Å². The van der Waals surface area contributed by atoms with Crippen LogP contribution in [0.1, 0.15) is 26.6 Å². The first kappa shape index (κ1) is 22.1. The molecule has 0 aliphatic carbocycles. The van der Waals surface area contributed by atoms with Crippen molar-refractivity contribution in [2.45, 2.75) is 20.8 Å². The van der Waals surface area contributed by atoms with Crippen LogP contribution < -0.4 is 9.80 Å². The van der Waals surface area contributed by atoms with Crippen LogP contribution in [0.15, 0.2) is 0 Å².